The lowest BCUT2D eigenvalue weighted by atomic mass is 10.3. The molecule has 0 aliphatic rings. The first-order valence-electron chi connectivity index (χ1n) is 2.93. The molecule has 0 saturated carbocycles. The van der Waals surface area contributed by atoms with E-state index >= 15 is 0 Å². The van der Waals surface area contributed by atoms with Crippen molar-refractivity contribution in [2.24, 2.45) is 0 Å². The second-order valence-corrected chi connectivity index (χ2v) is 3.98. The van der Waals surface area contributed by atoms with Crippen molar-refractivity contribution in [3.63, 3.8) is 0 Å². The second kappa shape index (κ2) is 3.95. The van der Waals surface area contributed by atoms with Gasteiger partial charge >= 0.3 is 18.5 Å². The fourth-order valence-corrected chi connectivity index (χ4v) is 1.09. The van der Waals surface area contributed by atoms with Crippen LogP contribution in [0.1, 0.15) is 0 Å². The molecule has 0 N–H and O–H groups in total. The third-order valence-electron chi connectivity index (χ3n) is 0.883. The van der Waals surface area contributed by atoms with Crippen molar-refractivity contribution < 1.29 is 30.5 Å². The Bertz CT molecular complexity index is 147. The van der Waals surface area contributed by atoms with Crippen molar-refractivity contribution in [3.05, 3.63) is 0 Å². The van der Waals surface area contributed by atoms with Gasteiger partial charge in [-0.1, -0.05) is 0 Å². The highest BCUT2D eigenvalue weighted by Crippen LogP contribution is 2.36. The molecule has 0 bridgehead atoms. The van der Waals surface area contributed by atoms with Crippen LogP contribution in [0.2, 0.25) is 0 Å². The summed E-state index contributed by atoms with van der Waals surface area (Å²) in [6, 6.07) is 0. The lowest BCUT2D eigenvalue weighted by molar-refractivity contribution is -0.297. The zero-order valence-electron chi connectivity index (χ0n) is 6.66. The van der Waals surface area contributed by atoms with Crippen LogP contribution in [0.5, 0.6) is 0 Å². The van der Waals surface area contributed by atoms with Gasteiger partial charge in [0.05, 0.1) is 0 Å². The molecule has 0 saturated heterocycles. The van der Waals surface area contributed by atoms with E-state index in [-0.39, 0.29) is 0 Å². The number of rotatable bonds is 2. The maximum absolute atomic E-state index is 11.7. The molecule has 1 nitrogen and oxygen atoms in total. The first-order valence-corrected chi connectivity index (χ1v) is 4.90. The predicted molar refractivity (Wildman–Crippen MR) is 36.2 cm³/mol. The Morgan fingerprint density at radius 2 is 1.23 bits per heavy atom. The number of hydrogen-bond acceptors (Lipinski definition) is 1. The highest BCUT2D eigenvalue weighted by Gasteiger charge is 2.61. The van der Waals surface area contributed by atoms with Crippen LogP contribution in [0, 0.1) is 0 Å². The minimum atomic E-state index is -5.41. The molecule has 0 aromatic carbocycles. The zero-order valence-corrected chi connectivity index (χ0v) is 7.48. The van der Waals surface area contributed by atoms with Crippen LogP contribution < -0.4 is 0 Å². The van der Waals surface area contributed by atoms with E-state index in [0.29, 0.717) is 0 Å². The van der Waals surface area contributed by atoms with Crippen LogP contribution in [-0.4, -0.2) is 31.0 Å². The van der Waals surface area contributed by atoms with Crippen molar-refractivity contribution in [3.8, 4) is 0 Å². The van der Waals surface area contributed by atoms with Crippen LogP contribution >= 0.6 is 0 Å². The Morgan fingerprint density at radius 3 is 1.31 bits per heavy atom. The monoisotopic (exact) mass is 229 g/mol. The highest BCUT2D eigenvalue weighted by atomic mass is 32.2. The Hall–Kier alpha value is -0.110. The second-order valence-electron chi connectivity index (χ2n) is 2.30. The molecule has 0 aromatic heterocycles. The first kappa shape index (κ1) is 12.9. The molecule has 80 valence electrons. The molecular formula is C5H7F6OS+. The summed E-state index contributed by atoms with van der Waals surface area (Å²) in [6.07, 6.45) is -12.2. The molecule has 13 heavy (non-hydrogen) atoms. The van der Waals surface area contributed by atoms with Gasteiger partial charge in [-0.2, -0.15) is 30.5 Å². The zero-order chi connectivity index (χ0) is 10.9. The van der Waals surface area contributed by atoms with E-state index in [1.807, 2.05) is 0 Å². The van der Waals surface area contributed by atoms with Gasteiger partial charge in [-0.15, -0.1) is 0 Å². The standard InChI is InChI=1S/C5H7F6OS/c1-13(2)12-3(4(6,7)8)5(9,10)11/h3H,1-2H3/q+1. The van der Waals surface area contributed by atoms with Gasteiger partial charge in [-0.3, -0.25) is 0 Å². The van der Waals surface area contributed by atoms with Crippen molar-refractivity contribution in [1.29, 1.82) is 0 Å². The van der Waals surface area contributed by atoms with Crippen LogP contribution in [-0.2, 0) is 15.4 Å². The molecule has 0 atom stereocenters. The molecule has 0 aliphatic carbocycles. The average Bonchev–Trinajstić information content (AvgIpc) is 1.77. The molecule has 0 spiro atoms. The predicted octanol–water partition coefficient (Wildman–Crippen LogP) is 2.29. The number of hydrogen-bond donors (Lipinski definition) is 0. The van der Waals surface area contributed by atoms with Gasteiger partial charge in [0.25, 0.3) is 0 Å². The minimum Gasteiger partial charge on any atom is -0.167 e. The summed E-state index contributed by atoms with van der Waals surface area (Å²) in [7, 11) is 0. The largest absolute Gasteiger partial charge is 0.429 e. The minimum absolute atomic E-state index is 1.13. The summed E-state index contributed by atoms with van der Waals surface area (Å²) in [4.78, 5) is 0. The molecule has 0 radical (unpaired) electrons. The SMILES string of the molecule is C[S+](C)OC(C(F)(F)F)C(F)(F)F. The third kappa shape index (κ3) is 4.61. The Labute approximate surface area is 73.6 Å². The third-order valence-corrected chi connectivity index (χ3v) is 1.46. The molecule has 0 amide bonds. The van der Waals surface area contributed by atoms with Gasteiger partial charge in [0.2, 0.25) is 0 Å². The van der Waals surface area contributed by atoms with E-state index in [9.17, 15) is 26.3 Å². The van der Waals surface area contributed by atoms with E-state index in [1.165, 1.54) is 0 Å². The van der Waals surface area contributed by atoms with Gasteiger partial charge < -0.3 is 0 Å². The summed E-state index contributed by atoms with van der Waals surface area (Å²) in [5, 5.41) is 0. The lowest BCUT2D eigenvalue weighted by Gasteiger charge is -2.19. The van der Waals surface area contributed by atoms with Crippen molar-refractivity contribution in [1.82, 2.24) is 0 Å². The first-order chi connectivity index (χ1) is 5.55. The topological polar surface area (TPSA) is 9.23 Å². The van der Waals surface area contributed by atoms with Crippen molar-refractivity contribution >= 4 is 11.2 Å². The van der Waals surface area contributed by atoms with Gasteiger partial charge in [-0.25, -0.2) is 0 Å². The van der Waals surface area contributed by atoms with Gasteiger partial charge in [0.15, 0.2) is 0 Å². The molecule has 0 aliphatic heterocycles. The maximum Gasteiger partial charge on any atom is 0.429 e. The Morgan fingerprint density at radius 1 is 0.923 bits per heavy atom. The maximum atomic E-state index is 11.7. The van der Waals surface area contributed by atoms with Crippen LogP contribution in [0.4, 0.5) is 26.3 Å². The van der Waals surface area contributed by atoms with Crippen LogP contribution in [0.25, 0.3) is 0 Å². The van der Waals surface area contributed by atoms with E-state index in [2.05, 4.69) is 4.18 Å². The summed E-state index contributed by atoms with van der Waals surface area (Å²) < 4.78 is 74.2. The molecule has 0 heterocycles. The van der Waals surface area contributed by atoms with Crippen molar-refractivity contribution in [2.75, 3.05) is 12.5 Å². The smallest absolute Gasteiger partial charge is 0.167 e. The summed E-state index contributed by atoms with van der Waals surface area (Å²) >= 11 is -1.38. The van der Waals surface area contributed by atoms with Crippen molar-refractivity contribution in [2.45, 2.75) is 18.5 Å². The summed E-state index contributed by atoms with van der Waals surface area (Å²) in [6.45, 7) is 0. The van der Waals surface area contributed by atoms with E-state index in [0.717, 1.165) is 12.5 Å². The molecule has 0 aromatic rings. The van der Waals surface area contributed by atoms with Crippen LogP contribution in [0.3, 0.4) is 0 Å². The Kier molecular flexibility index (Phi) is 3.92. The molecular weight excluding hydrogens is 222 g/mol. The highest BCUT2D eigenvalue weighted by molar-refractivity contribution is 7.90. The number of alkyl halides is 6. The van der Waals surface area contributed by atoms with Gasteiger partial charge in [-0.05, 0) is 0 Å². The fourth-order valence-electron chi connectivity index (χ4n) is 0.487. The average molecular weight is 229 g/mol. The normalized spacial score (nSPS) is 14.3. The lowest BCUT2D eigenvalue weighted by Crippen LogP contribution is -2.45. The summed E-state index contributed by atoms with van der Waals surface area (Å²) in [5.74, 6) is 0. The quantitative estimate of drug-likeness (QED) is 0.521. The summed E-state index contributed by atoms with van der Waals surface area (Å²) in [5.41, 5.74) is 0. The van der Waals surface area contributed by atoms with Gasteiger partial charge in [0.1, 0.15) is 23.7 Å². The Balaban J connectivity index is 4.58. The van der Waals surface area contributed by atoms with Gasteiger partial charge in [0, 0.05) is 0 Å². The number of halogens is 6. The van der Waals surface area contributed by atoms with Crippen LogP contribution in [0.15, 0.2) is 0 Å². The van der Waals surface area contributed by atoms with E-state index in [1.54, 1.807) is 0 Å². The fraction of sp³-hybridized carbons (Fsp3) is 1.00. The van der Waals surface area contributed by atoms with E-state index < -0.39 is 29.6 Å². The molecule has 0 unspecified atom stereocenters. The molecule has 0 fully saturated rings. The molecule has 0 rings (SSSR count). The van der Waals surface area contributed by atoms with E-state index in [4.69, 9.17) is 0 Å². The molecule has 8 heteroatoms.